The van der Waals surface area contributed by atoms with Crippen LogP contribution in [0.3, 0.4) is 0 Å². The number of carbonyl (C=O) groups is 1. The van der Waals surface area contributed by atoms with Crippen LogP contribution >= 0.6 is 11.8 Å². The Morgan fingerprint density at radius 2 is 2.33 bits per heavy atom. The maximum atomic E-state index is 12.5. The average Bonchev–Trinajstić information content (AvgIpc) is 3.11. The van der Waals surface area contributed by atoms with Crippen LogP contribution in [0.2, 0.25) is 0 Å². The number of esters is 1. The molecule has 3 rings (SSSR count). The monoisotopic (exact) mass is 356 g/mol. The molecule has 12 nitrogen and oxygen atoms in total. The molecule has 0 aromatic carbocycles. The highest BCUT2D eigenvalue weighted by Gasteiger charge is 2.32. The Morgan fingerprint density at radius 3 is 3.00 bits per heavy atom. The van der Waals surface area contributed by atoms with E-state index in [-0.39, 0.29) is 17.6 Å². The predicted molar refractivity (Wildman–Crippen MR) is 80.2 cm³/mol. The van der Waals surface area contributed by atoms with Crippen molar-refractivity contribution in [2.45, 2.75) is 18.6 Å². The van der Waals surface area contributed by atoms with Gasteiger partial charge in [-0.25, -0.2) is 0 Å². The summed E-state index contributed by atoms with van der Waals surface area (Å²) in [6, 6.07) is 0. The standard InChI is InChI=1S/C11H12N6O6S/c1-5(18)22-3-7-23-6(4-24-7)16-11(19)9-8(12-14-16)10(17(20)21)13-15(9)2/h6-7H,3-4H2,1-2H3. The van der Waals surface area contributed by atoms with Gasteiger partial charge in [-0.1, -0.05) is 5.21 Å². The molecule has 2 atom stereocenters. The molecule has 0 spiro atoms. The number of hydrogen-bond acceptors (Lipinski definition) is 10. The lowest BCUT2D eigenvalue weighted by molar-refractivity contribution is -0.388. The Kier molecular flexibility index (Phi) is 4.19. The van der Waals surface area contributed by atoms with Crippen molar-refractivity contribution < 1.29 is 19.2 Å². The van der Waals surface area contributed by atoms with E-state index in [0.29, 0.717) is 5.75 Å². The van der Waals surface area contributed by atoms with E-state index >= 15 is 0 Å². The van der Waals surface area contributed by atoms with Gasteiger partial charge in [-0.2, -0.15) is 9.36 Å². The first kappa shape index (κ1) is 16.3. The Labute approximate surface area is 137 Å². The second-order valence-electron chi connectivity index (χ2n) is 4.90. The second kappa shape index (κ2) is 6.16. The third-order valence-corrected chi connectivity index (χ3v) is 4.35. The summed E-state index contributed by atoms with van der Waals surface area (Å²) in [6.07, 6.45) is -0.714. The number of carbonyl (C=O) groups excluding carboxylic acids is 1. The summed E-state index contributed by atoms with van der Waals surface area (Å²) >= 11 is 1.36. The lowest BCUT2D eigenvalue weighted by Crippen LogP contribution is -2.31. The second-order valence-corrected chi connectivity index (χ2v) is 6.09. The molecule has 2 aromatic rings. The SMILES string of the molecule is CC(=O)OCC1OC(n2nnc3c([N+](=O)[O-])nn(C)c3c2=O)CS1. The van der Waals surface area contributed by atoms with Crippen molar-refractivity contribution in [3.8, 4) is 0 Å². The number of aryl methyl sites for hydroxylation is 1. The van der Waals surface area contributed by atoms with Crippen LogP contribution < -0.4 is 5.56 Å². The smallest absolute Gasteiger partial charge is 0.418 e. The number of thioether (sulfide) groups is 1. The summed E-state index contributed by atoms with van der Waals surface area (Å²) in [5, 5.41) is 22.1. The van der Waals surface area contributed by atoms with Crippen molar-refractivity contribution in [1.29, 1.82) is 0 Å². The summed E-state index contributed by atoms with van der Waals surface area (Å²) in [4.78, 5) is 33.6. The molecule has 0 radical (unpaired) electrons. The van der Waals surface area contributed by atoms with Crippen LogP contribution in [0.5, 0.6) is 0 Å². The predicted octanol–water partition coefficient (Wildman–Crippen LogP) is -0.416. The molecule has 2 unspecified atom stereocenters. The van der Waals surface area contributed by atoms with E-state index < -0.39 is 33.9 Å². The minimum Gasteiger partial charge on any atom is -0.462 e. The highest BCUT2D eigenvalue weighted by molar-refractivity contribution is 8.00. The zero-order valence-corrected chi connectivity index (χ0v) is 13.4. The number of fused-ring (bicyclic) bond motifs is 1. The van der Waals surface area contributed by atoms with E-state index in [1.807, 2.05) is 0 Å². The molecule has 0 aliphatic carbocycles. The maximum absolute atomic E-state index is 12.5. The van der Waals surface area contributed by atoms with Crippen molar-refractivity contribution in [3.05, 3.63) is 20.5 Å². The third-order valence-electron chi connectivity index (χ3n) is 3.26. The van der Waals surface area contributed by atoms with Gasteiger partial charge in [0.1, 0.15) is 12.0 Å². The van der Waals surface area contributed by atoms with Crippen LogP contribution in [0.25, 0.3) is 11.0 Å². The molecule has 24 heavy (non-hydrogen) atoms. The summed E-state index contributed by atoms with van der Waals surface area (Å²) in [7, 11) is 1.41. The van der Waals surface area contributed by atoms with E-state index in [1.165, 1.54) is 25.7 Å². The van der Waals surface area contributed by atoms with E-state index in [2.05, 4.69) is 15.4 Å². The molecule has 1 saturated heterocycles. The van der Waals surface area contributed by atoms with Crippen molar-refractivity contribution in [1.82, 2.24) is 24.8 Å². The number of rotatable bonds is 4. The Morgan fingerprint density at radius 1 is 1.58 bits per heavy atom. The molecule has 1 fully saturated rings. The summed E-state index contributed by atoms with van der Waals surface area (Å²) in [6.45, 7) is 1.34. The van der Waals surface area contributed by atoms with Crippen molar-refractivity contribution in [2.24, 2.45) is 7.05 Å². The van der Waals surface area contributed by atoms with Gasteiger partial charge < -0.3 is 19.6 Å². The van der Waals surface area contributed by atoms with E-state index in [1.54, 1.807) is 0 Å². The van der Waals surface area contributed by atoms with Gasteiger partial charge >= 0.3 is 17.3 Å². The van der Waals surface area contributed by atoms with Crippen LogP contribution in [-0.2, 0) is 21.3 Å². The van der Waals surface area contributed by atoms with Crippen LogP contribution in [0, 0.1) is 10.1 Å². The van der Waals surface area contributed by atoms with Gasteiger partial charge in [-0.3, -0.25) is 9.59 Å². The van der Waals surface area contributed by atoms with E-state index in [0.717, 1.165) is 9.36 Å². The number of ether oxygens (including phenoxy) is 2. The first-order chi connectivity index (χ1) is 11.4. The number of hydrogen-bond donors (Lipinski definition) is 0. The normalized spacial score (nSPS) is 20.4. The Hall–Kier alpha value is -2.54. The van der Waals surface area contributed by atoms with Crippen molar-refractivity contribution in [2.75, 3.05) is 12.4 Å². The molecule has 128 valence electrons. The molecule has 1 aliphatic rings. The highest BCUT2D eigenvalue weighted by Crippen LogP contribution is 2.31. The van der Waals surface area contributed by atoms with Crippen LogP contribution in [0.1, 0.15) is 13.2 Å². The molecule has 3 heterocycles. The zero-order valence-electron chi connectivity index (χ0n) is 12.6. The summed E-state index contributed by atoms with van der Waals surface area (Å²) in [5.41, 5.74) is -1.23. The lowest BCUT2D eigenvalue weighted by Gasteiger charge is -2.12. The largest absolute Gasteiger partial charge is 0.462 e. The number of nitro groups is 1. The molecule has 0 saturated carbocycles. The van der Waals surface area contributed by atoms with Crippen LogP contribution in [0.4, 0.5) is 5.82 Å². The first-order valence-corrected chi connectivity index (χ1v) is 7.80. The lowest BCUT2D eigenvalue weighted by atomic mass is 10.4. The third kappa shape index (κ3) is 2.82. The molecule has 1 aliphatic heterocycles. The van der Waals surface area contributed by atoms with Gasteiger partial charge in [0.15, 0.2) is 11.7 Å². The van der Waals surface area contributed by atoms with Gasteiger partial charge in [-0.05, 0) is 4.92 Å². The quantitative estimate of drug-likeness (QED) is 0.402. The zero-order chi connectivity index (χ0) is 17.4. The molecule has 2 aromatic heterocycles. The Bertz CT molecular complexity index is 878. The topological polar surface area (TPSA) is 144 Å². The fourth-order valence-electron chi connectivity index (χ4n) is 2.23. The fraction of sp³-hybridized carbons (Fsp3) is 0.545. The summed E-state index contributed by atoms with van der Waals surface area (Å²) < 4.78 is 12.6. The van der Waals surface area contributed by atoms with Gasteiger partial charge in [0.05, 0.1) is 12.1 Å². The van der Waals surface area contributed by atoms with Gasteiger partial charge in [0, 0.05) is 12.7 Å². The minimum atomic E-state index is -0.724. The van der Waals surface area contributed by atoms with E-state index in [9.17, 15) is 19.7 Å². The highest BCUT2D eigenvalue weighted by atomic mass is 32.2. The van der Waals surface area contributed by atoms with Crippen molar-refractivity contribution in [3.63, 3.8) is 0 Å². The van der Waals surface area contributed by atoms with Gasteiger partial charge in [0.25, 0.3) is 0 Å². The van der Waals surface area contributed by atoms with Gasteiger partial charge in [-0.15, -0.1) is 16.9 Å². The average molecular weight is 356 g/mol. The number of nitrogens with zero attached hydrogens (tertiary/aromatic N) is 6. The minimum absolute atomic E-state index is 0.0336. The molecular weight excluding hydrogens is 344 g/mol. The van der Waals surface area contributed by atoms with Crippen LogP contribution in [-0.4, -0.2) is 53.5 Å². The van der Waals surface area contributed by atoms with Gasteiger partial charge in [0.2, 0.25) is 5.52 Å². The molecule has 0 bridgehead atoms. The molecule has 13 heteroatoms. The number of aromatic nitrogens is 5. The van der Waals surface area contributed by atoms with E-state index in [4.69, 9.17) is 9.47 Å². The maximum Gasteiger partial charge on any atom is 0.418 e. The molecular formula is C11H12N6O6S. The Balaban J connectivity index is 1.90. The molecule has 0 N–H and O–H groups in total. The fourth-order valence-corrected chi connectivity index (χ4v) is 3.20. The molecule has 0 amide bonds. The first-order valence-electron chi connectivity index (χ1n) is 6.75. The summed E-state index contributed by atoms with van der Waals surface area (Å²) in [5.74, 6) is -0.562. The van der Waals surface area contributed by atoms with Crippen LogP contribution in [0.15, 0.2) is 4.79 Å². The van der Waals surface area contributed by atoms with Crippen molar-refractivity contribution >= 4 is 34.6 Å².